The molecule has 0 aromatic carbocycles. The minimum Gasteiger partial charge on any atom is -0.359 e. The first-order valence-corrected chi connectivity index (χ1v) is 6.27. The third kappa shape index (κ3) is 3.38. The molecule has 3 nitrogen and oxygen atoms in total. The molecule has 1 saturated heterocycles. The van der Waals surface area contributed by atoms with Crippen molar-refractivity contribution in [1.29, 1.82) is 0 Å². The van der Waals surface area contributed by atoms with Crippen molar-refractivity contribution < 1.29 is 14.3 Å². The fourth-order valence-corrected chi connectivity index (χ4v) is 1.99. The van der Waals surface area contributed by atoms with Crippen LogP contribution in [-0.2, 0) is 14.3 Å². The molecule has 3 heteroatoms. The summed E-state index contributed by atoms with van der Waals surface area (Å²) in [5, 5.41) is 0. The maximum atomic E-state index is 12.0. The summed E-state index contributed by atoms with van der Waals surface area (Å²) in [6.07, 6.45) is 0.545. The highest BCUT2D eigenvalue weighted by atomic mass is 16.5. The second kappa shape index (κ2) is 4.52. The third-order valence-corrected chi connectivity index (χ3v) is 3.08. The summed E-state index contributed by atoms with van der Waals surface area (Å²) in [4.78, 5) is 24.1. The Balaban J connectivity index is 2.66. The summed E-state index contributed by atoms with van der Waals surface area (Å²) in [6.45, 7) is 11.3. The van der Waals surface area contributed by atoms with Crippen LogP contribution in [-0.4, -0.2) is 23.8 Å². The number of carbonyl (C=O) groups excluding carboxylic acids is 2. The molecule has 98 valence electrons. The highest BCUT2D eigenvalue weighted by molar-refractivity contribution is 5.91. The maximum absolute atomic E-state index is 12.0. The van der Waals surface area contributed by atoms with Gasteiger partial charge in [0.15, 0.2) is 11.6 Å². The Labute approximate surface area is 104 Å². The molecule has 0 aromatic heterocycles. The van der Waals surface area contributed by atoms with Gasteiger partial charge in [0.25, 0.3) is 0 Å². The van der Waals surface area contributed by atoms with Gasteiger partial charge < -0.3 is 4.74 Å². The van der Waals surface area contributed by atoms with Crippen LogP contribution in [0.2, 0.25) is 0 Å². The predicted molar refractivity (Wildman–Crippen MR) is 66.8 cm³/mol. The number of ether oxygens (including phenoxy) is 1. The number of carbonyl (C=O) groups is 2. The predicted octanol–water partition coefficient (Wildman–Crippen LogP) is 2.76. The van der Waals surface area contributed by atoms with Gasteiger partial charge in [-0.25, -0.2) is 0 Å². The van der Waals surface area contributed by atoms with Crippen LogP contribution in [0.3, 0.4) is 0 Å². The van der Waals surface area contributed by atoms with Gasteiger partial charge in [-0.3, -0.25) is 9.59 Å². The van der Waals surface area contributed by atoms with Crippen LogP contribution >= 0.6 is 0 Å². The molecule has 0 N–H and O–H groups in total. The van der Waals surface area contributed by atoms with Gasteiger partial charge in [-0.05, 0) is 12.8 Å². The molecular weight excluding hydrogens is 216 g/mol. The Kier molecular flexibility index (Phi) is 3.82. The van der Waals surface area contributed by atoms with E-state index in [-0.39, 0.29) is 11.6 Å². The van der Waals surface area contributed by atoms with Crippen molar-refractivity contribution in [2.75, 3.05) is 0 Å². The lowest BCUT2D eigenvalue weighted by Gasteiger charge is -2.24. The third-order valence-electron chi connectivity index (χ3n) is 3.08. The standard InChI is InChI=1S/C14H24O3/c1-13(2,3)11(15)9-7-8-10(17-9)12(16)14(4,5)6/h9-10H,7-8H2,1-6H3. The minimum absolute atomic E-state index is 0.0988. The van der Waals surface area contributed by atoms with Crippen molar-refractivity contribution in [1.82, 2.24) is 0 Å². The van der Waals surface area contributed by atoms with Crippen LogP contribution in [0.1, 0.15) is 54.4 Å². The first-order valence-electron chi connectivity index (χ1n) is 6.27. The Bertz CT molecular complexity index is 285. The summed E-state index contributed by atoms with van der Waals surface area (Å²) in [5.74, 6) is 0.198. The lowest BCUT2D eigenvalue weighted by atomic mass is 9.85. The Morgan fingerprint density at radius 1 is 0.824 bits per heavy atom. The second-order valence-corrected chi connectivity index (χ2v) is 6.92. The van der Waals surface area contributed by atoms with E-state index in [1.54, 1.807) is 0 Å². The van der Waals surface area contributed by atoms with Crippen LogP contribution in [0, 0.1) is 10.8 Å². The summed E-state index contributed by atoms with van der Waals surface area (Å²) in [6, 6.07) is 0. The topological polar surface area (TPSA) is 43.4 Å². The first-order chi connectivity index (χ1) is 7.53. The van der Waals surface area contributed by atoms with Crippen molar-refractivity contribution in [3.8, 4) is 0 Å². The number of hydrogen-bond donors (Lipinski definition) is 0. The van der Waals surface area contributed by atoms with Crippen LogP contribution in [0.25, 0.3) is 0 Å². The molecule has 1 heterocycles. The van der Waals surface area contributed by atoms with Crippen molar-refractivity contribution in [3.05, 3.63) is 0 Å². The van der Waals surface area contributed by atoms with E-state index in [0.717, 1.165) is 0 Å². The van der Waals surface area contributed by atoms with Gasteiger partial charge in [0, 0.05) is 10.8 Å². The van der Waals surface area contributed by atoms with Gasteiger partial charge in [-0.2, -0.15) is 0 Å². The van der Waals surface area contributed by atoms with Crippen molar-refractivity contribution in [2.45, 2.75) is 66.6 Å². The quantitative estimate of drug-likeness (QED) is 0.745. The fourth-order valence-electron chi connectivity index (χ4n) is 1.99. The molecule has 1 aliphatic heterocycles. The molecule has 0 bridgehead atoms. The summed E-state index contributed by atoms with van der Waals surface area (Å²) >= 11 is 0. The van der Waals surface area contributed by atoms with E-state index in [0.29, 0.717) is 12.8 Å². The van der Waals surface area contributed by atoms with E-state index < -0.39 is 23.0 Å². The molecule has 1 aliphatic rings. The van der Waals surface area contributed by atoms with E-state index in [9.17, 15) is 9.59 Å². The summed E-state index contributed by atoms with van der Waals surface area (Å²) in [7, 11) is 0. The van der Waals surface area contributed by atoms with Crippen molar-refractivity contribution in [3.63, 3.8) is 0 Å². The molecule has 1 fully saturated rings. The normalized spacial score (nSPS) is 26.0. The van der Waals surface area contributed by atoms with Crippen molar-refractivity contribution in [2.24, 2.45) is 10.8 Å². The molecule has 1 rings (SSSR count). The van der Waals surface area contributed by atoms with Gasteiger partial charge in [0.1, 0.15) is 12.2 Å². The average Bonchev–Trinajstić information content (AvgIpc) is 2.60. The average molecular weight is 240 g/mol. The van der Waals surface area contributed by atoms with Crippen LogP contribution in [0.5, 0.6) is 0 Å². The molecule has 0 aliphatic carbocycles. The zero-order valence-electron chi connectivity index (χ0n) is 11.8. The molecule has 0 radical (unpaired) electrons. The van der Waals surface area contributed by atoms with E-state index in [4.69, 9.17) is 4.74 Å². The van der Waals surface area contributed by atoms with E-state index >= 15 is 0 Å². The monoisotopic (exact) mass is 240 g/mol. The number of rotatable bonds is 2. The molecule has 2 unspecified atom stereocenters. The Hall–Kier alpha value is -0.700. The Morgan fingerprint density at radius 3 is 1.35 bits per heavy atom. The van der Waals surface area contributed by atoms with Gasteiger partial charge in [-0.1, -0.05) is 41.5 Å². The Morgan fingerprint density at radius 2 is 1.12 bits per heavy atom. The highest BCUT2D eigenvalue weighted by Crippen LogP contribution is 2.31. The molecule has 0 saturated carbocycles. The van der Waals surface area contributed by atoms with Gasteiger partial charge >= 0.3 is 0 Å². The fraction of sp³-hybridized carbons (Fsp3) is 0.857. The van der Waals surface area contributed by atoms with Gasteiger partial charge in [0.2, 0.25) is 0 Å². The molecule has 2 atom stereocenters. The minimum atomic E-state index is -0.398. The number of hydrogen-bond acceptors (Lipinski definition) is 3. The number of Topliss-reactive ketones (excluding diaryl/α,β-unsaturated/α-hetero) is 2. The largest absolute Gasteiger partial charge is 0.359 e. The second-order valence-electron chi connectivity index (χ2n) is 6.92. The zero-order valence-corrected chi connectivity index (χ0v) is 11.8. The lowest BCUT2D eigenvalue weighted by molar-refractivity contribution is -0.145. The SMILES string of the molecule is CC(C)(C)C(=O)C1CCC(C(=O)C(C)(C)C)O1. The first kappa shape index (κ1) is 14.4. The van der Waals surface area contributed by atoms with Crippen LogP contribution < -0.4 is 0 Å². The van der Waals surface area contributed by atoms with Crippen LogP contribution in [0.15, 0.2) is 0 Å². The molecule has 17 heavy (non-hydrogen) atoms. The molecule has 0 spiro atoms. The van der Waals surface area contributed by atoms with Crippen LogP contribution in [0.4, 0.5) is 0 Å². The van der Waals surface area contributed by atoms with Crippen molar-refractivity contribution >= 4 is 11.6 Å². The zero-order chi connectivity index (χ0) is 13.4. The smallest absolute Gasteiger partial charge is 0.166 e. The highest BCUT2D eigenvalue weighted by Gasteiger charge is 2.41. The van der Waals surface area contributed by atoms with E-state index in [2.05, 4.69) is 0 Å². The van der Waals surface area contributed by atoms with Gasteiger partial charge in [-0.15, -0.1) is 0 Å². The summed E-state index contributed by atoms with van der Waals surface area (Å²) < 4.78 is 5.64. The summed E-state index contributed by atoms with van der Waals surface area (Å²) in [5.41, 5.74) is -0.797. The lowest BCUT2D eigenvalue weighted by Crippen LogP contribution is -2.36. The number of ketones is 2. The molecule has 0 amide bonds. The van der Waals surface area contributed by atoms with E-state index in [1.165, 1.54) is 0 Å². The maximum Gasteiger partial charge on any atom is 0.166 e. The molecular formula is C14H24O3. The van der Waals surface area contributed by atoms with E-state index in [1.807, 2.05) is 41.5 Å². The van der Waals surface area contributed by atoms with Gasteiger partial charge in [0.05, 0.1) is 0 Å². The molecule has 0 aromatic rings.